The van der Waals surface area contributed by atoms with Crippen LogP contribution < -0.4 is 0 Å². The number of hydrogen-bond acceptors (Lipinski definition) is 3. The van der Waals surface area contributed by atoms with Crippen LogP contribution in [0.2, 0.25) is 0 Å². The van der Waals surface area contributed by atoms with Gasteiger partial charge in [0.25, 0.3) is 0 Å². The van der Waals surface area contributed by atoms with Gasteiger partial charge in [-0.1, -0.05) is 13.3 Å². The van der Waals surface area contributed by atoms with Gasteiger partial charge >= 0.3 is 0 Å². The molecule has 3 atom stereocenters. The molecule has 3 aliphatic rings. The molecule has 1 saturated carbocycles. The van der Waals surface area contributed by atoms with Crippen molar-refractivity contribution in [2.45, 2.75) is 63.1 Å². The van der Waals surface area contributed by atoms with Crippen molar-refractivity contribution in [2.75, 3.05) is 18.1 Å². The van der Waals surface area contributed by atoms with Gasteiger partial charge in [-0.2, -0.15) is 11.8 Å². The Labute approximate surface area is 115 Å². The van der Waals surface area contributed by atoms with Crippen molar-refractivity contribution in [1.29, 1.82) is 0 Å². The highest BCUT2D eigenvalue weighted by Gasteiger charge is 2.50. The first-order chi connectivity index (χ1) is 8.65. The predicted molar refractivity (Wildman–Crippen MR) is 75.9 cm³/mol. The van der Waals surface area contributed by atoms with Gasteiger partial charge < -0.3 is 9.84 Å². The second-order valence-electron chi connectivity index (χ2n) is 6.62. The Bertz CT molecular complexity index is 295. The second-order valence-corrected chi connectivity index (χ2v) is 7.84. The Morgan fingerprint density at radius 1 is 1.17 bits per heavy atom. The maximum atomic E-state index is 11.0. The molecule has 0 amide bonds. The minimum atomic E-state index is -0.388. The largest absolute Gasteiger partial charge is 0.389 e. The van der Waals surface area contributed by atoms with Crippen LogP contribution in [0.4, 0.5) is 0 Å². The van der Waals surface area contributed by atoms with Gasteiger partial charge in [-0.3, -0.25) is 0 Å². The van der Waals surface area contributed by atoms with Gasteiger partial charge in [0.2, 0.25) is 0 Å². The van der Waals surface area contributed by atoms with Crippen molar-refractivity contribution in [3.63, 3.8) is 0 Å². The van der Waals surface area contributed by atoms with Crippen molar-refractivity contribution >= 4 is 11.8 Å². The first kappa shape index (κ1) is 13.3. The summed E-state index contributed by atoms with van der Waals surface area (Å²) in [6.45, 7) is 3.11. The Morgan fingerprint density at radius 2 is 1.94 bits per heavy atom. The molecule has 3 unspecified atom stereocenters. The molecule has 0 bridgehead atoms. The molecule has 0 aromatic carbocycles. The van der Waals surface area contributed by atoms with Crippen LogP contribution in [0.1, 0.15) is 51.9 Å². The van der Waals surface area contributed by atoms with Crippen LogP contribution in [0.15, 0.2) is 0 Å². The van der Waals surface area contributed by atoms with E-state index >= 15 is 0 Å². The summed E-state index contributed by atoms with van der Waals surface area (Å²) in [5.74, 6) is 3.43. The minimum absolute atomic E-state index is 0.117. The zero-order valence-corrected chi connectivity index (χ0v) is 12.3. The SMILES string of the molecule is CC1CCCC1(O)C1CCOC2(CCSCC2)C1. The summed E-state index contributed by atoms with van der Waals surface area (Å²) in [4.78, 5) is 0. The molecule has 1 aliphatic carbocycles. The first-order valence-electron chi connectivity index (χ1n) is 7.59. The van der Waals surface area contributed by atoms with Crippen molar-refractivity contribution < 1.29 is 9.84 Å². The van der Waals surface area contributed by atoms with E-state index in [4.69, 9.17) is 4.74 Å². The molecule has 0 aromatic heterocycles. The van der Waals surface area contributed by atoms with Crippen molar-refractivity contribution in [3.8, 4) is 0 Å². The lowest BCUT2D eigenvalue weighted by molar-refractivity contribution is -0.154. The van der Waals surface area contributed by atoms with Gasteiger partial charge in [-0.15, -0.1) is 0 Å². The normalized spacial score (nSPS) is 44.3. The fourth-order valence-electron chi connectivity index (χ4n) is 4.34. The summed E-state index contributed by atoms with van der Waals surface area (Å²) in [7, 11) is 0. The van der Waals surface area contributed by atoms with Crippen LogP contribution in [-0.4, -0.2) is 34.4 Å². The molecule has 0 radical (unpaired) electrons. The quantitative estimate of drug-likeness (QED) is 0.793. The molecule has 3 fully saturated rings. The Balaban J connectivity index is 1.73. The van der Waals surface area contributed by atoms with E-state index in [1.165, 1.54) is 37.2 Å². The van der Waals surface area contributed by atoms with Gasteiger partial charge in [-0.25, -0.2) is 0 Å². The zero-order valence-electron chi connectivity index (χ0n) is 11.5. The monoisotopic (exact) mass is 270 g/mol. The number of hydrogen-bond donors (Lipinski definition) is 1. The van der Waals surface area contributed by atoms with Crippen molar-refractivity contribution in [1.82, 2.24) is 0 Å². The molecule has 3 rings (SSSR count). The highest BCUT2D eigenvalue weighted by molar-refractivity contribution is 7.99. The second kappa shape index (κ2) is 4.99. The molecule has 1 spiro atoms. The lowest BCUT2D eigenvalue weighted by Gasteiger charge is -2.48. The van der Waals surface area contributed by atoms with Crippen molar-refractivity contribution in [2.24, 2.45) is 11.8 Å². The van der Waals surface area contributed by atoms with E-state index in [2.05, 4.69) is 18.7 Å². The zero-order chi connectivity index (χ0) is 12.6. The average Bonchev–Trinajstić information content (AvgIpc) is 2.72. The van der Waals surface area contributed by atoms with Gasteiger partial charge in [0.05, 0.1) is 11.2 Å². The average molecular weight is 270 g/mol. The molecule has 2 aliphatic heterocycles. The standard InChI is InChI=1S/C15H26O2S/c1-12-3-2-5-15(12,16)13-4-8-17-14(11-13)6-9-18-10-7-14/h12-13,16H,2-11H2,1H3. The van der Waals surface area contributed by atoms with Crippen LogP contribution in [-0.2, 0) is 4.74 Å². The van der Waals surface area contributed by atoms with Crippen LogP contribution in [0.5, 0.6) is 0 Å². The first-order valence-corrected chi connectivity index (χ1v) is 8.74. The van der Waals surface area contributed by atoms with E-state index < -0.39 is 0 Å². The molecule has 18 heavy (non-hydrogen) atoms. The lowest BCUT2D eigenvalue weighted by atomic mass is 9.70. The maximum Gasteiger partial charge on any atom is 0.0703 e. The number of ether oxygens (including phenoxy) is 1. The summed E-state index contributed by atoms with van der Waals surface area (Å²) in [6.07, 6.45) is 7.99. The van der Waals surface area contributed by atoms with Crippen molar-refractivity contribution in [3.05, 3.63) is 0 Å². The Kier molecular flexibility index (Phi) is 3.68. The number of thioether (sulfide) groups is 1. The highest BCUT2D eigenvalue weighted by Crippen LogP contribution is 2.49. The summed E-state index contributed by atoms with van der Waals surface area (Å²) in [6, 6.07) is 0. The fourth-order valence-corrected chi connectivity index (χ4v) is 5.58. The molecule has 1 N–H and O–H groups in total. The van der Waals surface area contributed by atoms with Crippen LogP contribution in [0.25, 0.3) is 0 Å². The highest BCUT2D eigenvalue weighted by atomic mass is 32.2. The predicted octanol–water partition coefficient (Wildman–Crippen LogP) is 3.23. The smallest absolute Gasteiger partial charge is 0.0703 e. The fraction of sp³-hybridized carbons (Fsp3) is 1.00. The third kappa shape index (κ3) is 2.23. The van der Waals surface area contributed by atoms with Gasteiger partial charge in [0.15, 0.2) is 0 Å². The van der Waals surface area contributed by atoms with E-state index in [9.17, 15) is 5.11 Å². The van der Waals surface area contributed by atoms with Gasteiger partial charge in [0.1, 0.15) is 0 Å². The molecule has 104 valence electrons. The van der Waals surface area contributed by atoms with Crippen LogP contribution >= 0.6 is 11.8 Å². The molecular weight excluding hydrogens is 244 g/mol. The lowest BCUT2D eigenvalue weighted by Crippen LogP contribution is -2.51. The topological polar surface area (TPSA) is 29.5 Å². The van der Waals surface area contributed by atoms with E-state index in [1.807, 2.05) is 0 Å². The molecule has 0 aromatic rings. The maximum absolute atomic E-state index is 11.0. The molecule has 2 nitrogen and oxygen atoms in total. The third-order valence-electron chi connectivity index (χ3n) is 5.67. The summed E-state index contributed by atoms with van der Waals surface area (Å²) in [5, 5.41) is 11.0. The number of rotatable bonds is 1. The van der Waals surface area contributed by atoms with E-state index in [0.29, 0.717) is 11.8 Å². The molecule has 2 heterocycles. The summed E-state index contributed by atoms with van der Waals surface area (Å²) >= 11 is 2.05. The summed E-state index contributed by atoms with van der Waals surface area (Å²) in [5.41, 5.74) is -0.270. The summed E-state index contributed by atoms with van der Waals surface area (Å²) < 4.78 is 6.15. The molecular formula is C15H26O2S. The van der Waals surface area contributed by atoms with E-state index in [0.717, 1.165) is 25.9 Å². The van der Waals surface area contributed by atoms with Gasteiger partial charge in [0, 0.05) is 6.61 Å². The van der Waals surface area contributed by atoms with E-state index in [1.54, 1.807) is 0 Å². The Morgan fingerprint density at radius 3 is 2.61 bits per heavy atom. The Hall–Kier alpha value is 0.270. The minimum Gasteiger partial charge on any atom is -0.389 e. The van der Waals surface area contributed by atoms with Gasteiger partial charge in [-0.05, 0) is 61.9 Å². The molecule has 3 heteroatoms. The van der Waals surface area contributed by atoms with E-state index in [-0.39, 0.29) is 11.2 Å². The van der Waals surface area contributed by atoms with Crippen LogP contribution in [0, 0.1) is 11.8 Å². The number of aliphatic hydroxyl groups is 1. The molecule has 2 saturated heterocycles. The van der Waals surface area contributed by atoms with Crippen LogP contribution in [0.3, 0.4) is 0 Å². The third-order valence-corrected chi connectivity index (χ3v) is 6.66.